The van der Waals surface area contributed by atoms with Gasteiger partial charge in [0, 0.05) is 25.7 Å². The second-order valence-electron chi connectivity index (χ2n) is 8.81. The van der Waals surface area contributed by atoms with Gasteiger partial charge in [-0.05, 0) is 30.9 Å². The molecule has 0 spiro atoms. The molecule has 1 aliphatic carbocycles. The topological polar surface area (TPSA) is 97.0 Å². The van der Waals surface area contributed by atoms with Gasteiger partial charge in [-0.3, -0.25) is 4.57 Å². The van der Waals surface area contributed by atoms with Crippen LogP contribution in [0.3, 0.4) is 0 Å². The van der Waals surface area contributed by atoms with Gasteiger partial charge in [0.05, 0.1) is 23.5 Å². The second kappa shape index (κ2) is 9.82. The number of aromatic hydroxyl groups is 1. The Morgan fingerprint density at radius 3 is 2.68 bits per heavy atom. The lowest BCUT2D eigenvalue weighted by atomic mass is 9.94. The number of phenols is 1. The minimum atomic E-state index is -0.937. The van der Waals surface area contributed by atoms with E-state index in [9.17, 15) is 18.7 Å². The lowest BCUT2D eigenvalue weighted by Crippen LogP contribution is -2.40. The first-order valence-corrected chi connectivity index (χ1v) is 11.4. The summed E-state index contributed by atoms with van der Waals surface area (Å²) in [4.78, 5) is 21.7. The van der Waals surface area contributed by atoms with Crippen molar-refractivity contribution in [2.45, 2.75) is 51.2 Å². The summed E-state index contributed by atoms with van der Waals surface area (Å²) in [5, 5.41) is 18.9. The van der Waals surface area contributed by atoms with Crippen molar-refractivity contribution in [3.63, 3.8) is 0 Å². The highest BCUT2D eigenvalue weighted by Gasteiger charge is 2.31. The van der Waals surface area contributed by atoms with Crippen LogP contribution in [0.5, 0.6) is 5.75 Å². The quantitative estimate of drug-likeness (QED) is 0.446. The number of halogens is 2. The molecule has 1 saturated carbocycles. The average molecular weight is 471 g/mol. The average Bonchev–Trinajstić information content (AvgIpc) is 3.03. The molecule has 8 nitrogen and oxygen atoms in total. The van der Waals surface area contributed by atoms with Crippen LogP contribution >= 0.6 is 0 Å². The molecule has 0 unspecified atom stereocenters. The van der Waals surface area contributed by atoms with E-state index in [1.165, 1.54) is 19.3 Å². The molecule has 3 aromatic rings. The molecule has 2 heterocycles. The zero-order valence-electron chi connectivity index (χ0n) is 19.4. The third-order valence-electron chi connectivity index (χ3n) is 6.68. The zero-order chi connectivity index (χ0) is 24.4. The highest BCUT2D eigenvalue weighted by molar-refractivity contribution is 5.71. The van der Waals surface area contributed by atoms with Crippen LogP contribution in [0.15, 0.2) is 35.3 Å². The molecule has 0 amide bonds. The maximum absolute atomic E-state index is 14.8. The van der Waals surface area contributed by atoms with Crippen molar-refractivity contribution < 1.29 is 13.9 Å². The molecular weight excluding hydrogens is 442 g/mol. The zero-order valence-corrected chi connectivity index (χ0v) is 19.4. The molecule has 0 bridgehead atoms. The number of rotatable bonds is 5. The van der Waals surface area contributed by atoms with Crippen LogP contribution in [-0.4, -0.2) is 49.1 Å². The van der Waals surface area contributed by atoms with E-state index in [1.54, 1.807) is 12.1 Å². The number of phenolic OH excluding ortho intramolecular Hbond substituents is 1. The molecule has 10 heteroatoms. The second-order valence-corrected chi connectivity index (χ2v) is 8.81. The number of hydrogen-bond acceptors (Lipinski definition) is 7. The van der Waals surface area contributed by atoms with E-state index in [0.717, 1.165) is 36.3 Å². The minimum absolute atomic E-state index is 0.105. The van der Waals surface area contributed by atoms with E-state index in [-0.39, 0.29) is 23.3 Å². The van der Waals surface area contributed by atoms with E-state index in [4.69, 9.17) is 0 Å². The predicted octanol–water partition coefficient (Wildman–Crippen LogP) is 3.89. The number of benzene rings is 1. The van der Waals surface area contributed by atoms with E-state index >= 15 is 0 Å². The van der Waals surface area contributed by atoms with Crippen molar-refractivity contribution in [3.8, 4) is 28.4 Å². The number of aromatic nitrogens is 5. The Bertz CT molecular complexity index is 1220. The summed E-state index contributed by atoms with van der Waals surface area (Å²) in [6.45, 7) is 2.14. The van der Waals surface area contributed by atoms with Gasteiger partial charge in [0.1, 0.15) is 11.9 Å². The van der Waals surface area contributed by atoms with Crippen LogP contribution in [-0.2, 0) is 7.05 Å². The molecule has 0 aliphatic heterocycles. The number of nitrogens with zero attached hydrogens (tertiary/aromatic N) is 6. The van der Waals surface area contributed by atoms with Crippen molar-refractivity contribution >= 4 is 5.82 Å². The molecule has 2 aromatic heterocycles. The minimum Gasteiger partial charge on any atom is -0.507 e. The maximum atomic E-state index is 14.8. The van der Waals surface area contributed by atoms with Crippen molar-refractivity contribution in [2.24, 2.45) is 13.0 Å². The first-order valence-electron chi connectivity index (χ1n) is 11.4. The first kappa shape index (κ1) is 23.7. The molecule has 4 rings (SSSR count). The molecular formula is C24H28F2N6O2. The Morgan fingerprint density at radius 1 is 1.24 bits per heavy atom. The van der Waals surface area contributed by atoms with Crippen LogP contribution < -0.4 is 10.6 Å². The molecule has 0 radical (unpaired) electrons. The van der Waals surface area contributed by atoms with Gasteiger partial charge >= 0.3 is 5.69 Å². The molecule has 1 aliphatic rings. The molecule has 1 aromatic carbocycles. The van der Waals surface area contributed by atoms with Crippen LogP contribution in [0.4, 0.5) is 14.6 Å². The highest BCUT2D eigenvalue weighted by atomic mass is 19.1. The fourth-order valence-electron chi connectivity index (χ4n) is 4.44. The largest absolute Gasteiger partial charge is 0.507 e. The SMILES string of the molecule is CC[C@@H]1CCC[C@H](F)[C@H](N(C)c2cnc(-c3ccc(-c4cc(F)n(C)c(=O)n4)cc3O)nn2)C1. The van der Waals surface area contributed by atoms with Gasteiger partial charge in [-0.2, -0.15) is 9.37 Å². The molecule has 34 heavy (non-hydrogen) atoms. The first-order chi connectivity index (χ1) is 16.3. The Labute approximate surface area is 196 Å². The Morgan fingerprint density at radius 2 is 2.03 bits per heavy atom. The Balaban J connectivity index is 1.56. The molecule has 180 valence electrons. The van der Waals surface area contributed by atoms with Crippen molar-refractivity contribution in [1.82, 2.24) is 24.7 Å². The predicted molar refractivity (Wildman–Crippen MR) is 125 cm³/mol. The third kappa shape index (κ3) is 4.76. The maximum Gasteiger partial charge on any atom is 0.350 e. The highest BCUT2D eigenvalue weighted by Crippen LogP contribution is 2.33. The van der Waals surface area contributed by atoms with E-state index in [1.807, 2.05) is 11.9 Å². The summed E-state index contributed by atoms with van der Waals surface area (Å²) in [7, 11) is 3.09. The van der Waals surface area contributed by atoms with Gasteiger partial charge < -0.3 is 10.0 Å². The van der Waals surface area contributed by atoms with Gasteiger partial charge in [-0.15, -0.1) is 10.2 Å². The normalized spacial score (nSPS) is 20.7. The van der Waals surface area contributed by atoms with Gasteiger partial charge in [0.15, 0.2) is 17.6 Å². The van der Waals surface area contributed by atoms with Crippen molar-refractivity contribution in [1.29, 1.82) is 0 Å². The van der Waals surface area contributed by atoms with E-state index < -0.39 is 17.8 Å². The summed E-state index contributed by atoms with van der Waals surface area (Å²) in [5.41, 5.74) is 0.0573. The molecule has 1 fully saturated rings. The van der Waals surface area contributed by atoms with Gasteiger partial charge in [0.2, 0.25) is 0 Å². The molecule has 3 atom stereocenters. The Hall–Kier alpha value is -3.43. The Kier molecular flexibility index (Phi) is 6.85. The van der Waals surface area contributed by atoms with Crippen molar-refractivity contribution in [3.05, 3.63) is 46.9 Å². The van der Waals surface area contributed by atoms with Gasteiger partial charge in [-0.25, -0.2) is 14.2 Å². The number of anilines is 1. The molecule has 1 N–H and O–H groups in total. The van der Waals surface area contributed by atoms with Crippen molar-refractivity contribution in [2.75, 3.05) is 11.9 Å². The van der Waals surface area contributed by atoms with Gasteiger partial charge in [-0.1, -0.05) is 32.3 Å². The summed E-state index contributed by atoms with van der Waals surface area (Å²) in [6.07, 6.45) is 4.84. The van der Waals surface area contributed by atoms with E-state index in [2.05, 4.69) is 27.1 Å². The van der Waals surface area contributed by atoms with E-state index in [0.29, 0.717) is 29.3 Å². The third-order valence-corrected chi connectivity index (χ3v) is 6.68. The number of alkyl halides is 1. The lowest BCUT2D eigenvalue weighted by molar-refractivity contribution is 0.253. The fourth-order valence-corrected chi connectivity index (χ4v) is 4.44. The van der Waals surface area contributed by atoms with Crippen LogP contribution in [0.1, 0.15) is 39.0 Å². The lowest BCUT2D eigenvalue weighted by Gasteiger charge is -2.31. The summed E-state index contributed by atoms with van der Waals surface area (Å²) >= 11 is 0. The number of hydrogen-bond donors (Lipinski definition) is 1. The van der Waals surface area contributed by atoms with Crippen LogP contribution in [0.2, 0.25) is 0 Å². The summed E-state index contributed by atoms with van der Waals surface area (Å²) in [6, 6.07) is 5.34. The van der Waals surface area contributed by atoms with Crippen LogP contribution in [0.25, 0.3) is 22.6 Å². The monoisotopic (exact) mass is 470 g/mol. The summed E-state index contributed by atoms with van der Waals surface area (Å²) in [5.74, 6) is 0.232. The van der Waals surface area contributed by atoms with Gasteiger partial charge in [0.25, 0.3) is 0 Å². The fraction of sp³-hybridized carbons (Fsp3) is 0.458. The smallest absolute Gasteiger partial charge is 0.350 e. The molecule has 0 saturated heterocycles. The standard InChI is InChI=1S/C24H28F2N6O2/c1-4-14-6-5-7-17(25)19(10-14)31(2)22-13-27-23(30-29-22)16-9-8-15(11-20(16)33)18-12-21(26)32(3)24(34)28-18/h8-9,11-14,17,19,33H,4-7,10H2,1-3H3/t14-,17+,19-/m1/s1. The van der Waals surface area contributed by atoms with Crippen LogP contribution in [0, 0.1) is 11.9 Å². The summed E-state index contributed by atoms with van der Waals surface area (Å²) < 4.78 is 29.5.